The predicted octanol–water partition coefficient (Wildman–Crippen LogP) is 6.90. The highest BCUT2D eigenvalue weighted by Crippen LogP contribution is 2.24. The minimum absolute atomic E-state index is 0.0699. The molecule has 0 atom stereocenters. The zero-order chi connectivity index (χ0) is 32.9. The molecule has 5 rings (SSSR count). The van der Waals surface area contributed by atoms with Gasteiger partial charge in [0.25, 0.3) is 0 Å². The van der Waals surface area contributed by atoms with Crippen LogP contribution < -0.4 is 10.4 Å². The molecule has 3 aromatic carbocycles. The first kappa shape index (κ1) is 32.9. The standard InChI is InChI=1S/C37H43N5O3S/c1-6-41-35(39-42(36(41)43)25-29-17-21-32(22-18-29)37(3,4)5)14-10-13-28-15-19-31(20-16-28)34-24-23-33(27(2)38-34)40-46(44,45)26-30-11-8-7-9-12-30/h7-9,11-12,15-24,40H,6,10,13-14,25-26H2,1-5H3. The van der Waals surface area contributed by atoms with Crippen molar-refractivity contribution in [2.45, 2.75) is 78.1 Å². The number of aryl methyl sites for hydroxylation is 3. The summed E-state index contributed by atoms with van der Waals surface area (Å²) in [6.45, 7) is 11.4. The normalized spacial score (nSPS) is 11.9. The molecule has 9 heteroatoms. The molecule has 5 aromatic rings. The fourth-order valence-electron chi connectivity index (χ4n) is 5.49. The average Bonchev–Trinajstić information content (AvgIpc) is 3.31. The van der Waals surface area contributed by atoms with Crippen LogP contribution in [-0.4, -0.2) is 27.7 Å². The topological polar surface area (TPSA) is 98.9 Å². The highest BCUT2D eigenvalue weighted by molar-refractivity contribution is 7.91. The Morgan fingerprint density at radius 3 is 2.11 bits per heavy atom. The van der Waals surface area contributed by atoms with Crippen molar-refractivity contribution in [2.24, 2.45) is 0 Å². The Balaban J connectivity index is 1.18. The highest BCUT2D eigenvalue weighted by atomic mass is 32.2. The maximum absolute atomic E-state index is 13.1. The van der Waals surface area contributed by atoms with Crippen LogP contribution in [0.15, 0.2) is 95.8 Å². The van der Waals surface area contributed by atoms with Crippen LogP contribution in [0.2, 0.25) is 0 Å². The largest absolute Gasteiger partial charge is 0.346 e. The second-order valence-corrected chi connectivity index (χ2v) is 14.5. The van der Waals surface area contributed by atoms with E-state index in [1.807, 2.05) is 43.3 Å². The van der Waals surface area contributed by atoms with Crippen LogP contribution in [-0.2, 0) is 47.1 Å². The van der Waals surface area contributed by atoms with Crippen LogP contribution >= 0.6 is 0 Å². The Labute approximate surface area is 272 Å². The van der Waals surface area contributed by atoms with Gasteiger partial charge in [0.05, 0.1) is 29.4 Å². The molecule has 0 spiro atoms. The molecule has 1 N–H and O–H groups in total. The lowest BCUT2D eigenvalue weighted by Crippen LogP contribution is -2.25. The summed E-state index contributed by atoms with van der Waals surface area (Å²) in [5.74, 6) is 0.718. The molecule has 2 heterocycles. The quantitative estimate of drug-likeness (QED) is 0.161. The molecule has 0 saturated heterocycles. The van der Waals surface area contributed by atoms with Crippen molar-refractivity contribution < 1.29 is 8.42 Å². The van der Waals surface area contributed by atoms with E-state index in [9.17, 15) is 13.2 Å². The minimum atomic E-state index is -3.56. The van der Waals surface area contributed by atoms with E-state index in [1.54, 1.807) is 34.4 Å². The van der Waals surface area contributed by atoms with Gasteiger partial charge in [0.2, 0.25) is 10.0 Å². The van der Waals surface area contributed by atoms with E-state index in [2.05, 4.69) is 66.9 Å². The number of hydrogen-bond acceptors (Lipinski definition) is 5. The number of nitrogens with zero attached hydrogens (tertiary/aromatic N) is 4. The van der Waals surface area contributed by atoms with Crippen molar-refractivity contribution in [3.8, 4) is 11.3 Å². The number of anilines is 1. The molecule has 46 heavy (non-hydrogen) atoms. The molecule has 0 fully saturated rings. The number of benzene rings is 3. The van der Waals surface area contributed by atoms with Gasteiger partial charge in [-0.1, -0.05) is 99.6 Å². The number of aromatic nitrogens is 4. The SMILES string of the molecule is CCn1c(CCCc2ccc(-c3ccc(NS(=O)(=O)Cc4ccccc4)c(C)n3)cc2)nn(Cc2ccc(C(C)(C)C)cc2)c1=O. The van der Waals surface area contributed by atoms with Gasteiger partial charge in [0.15, 0.2) is 0 Å². The maximum atomic E-state index is 13.1. The Kier molecular flexibility index (Phi) is 9.91. The van der Waals surface area contributed by atoms with Crippen molar-refractivity contribution in [1.82, 2.24) is 19.3 Å². The minimum Gasteiger partial charge on any atom is -0.281 e. The van der Waals surface area contributed by atoms with Gasteiger partial charge in [0.1, 0.15) is 5.82 Å². The molecule has 0 unspecified atom stereocenters. The number of nitrogens with one attached hydrogen (secondary N) is 1. The molecule has 0 saturated carbocycles. The molecular weight excluding hydrogens is 595 g/mol. The predicted molar refractivity (Wildman–Crippen MR) is 186 cm³/mol. The van der Waals surface area contributed by atoms with Crippen molar-refractivity contribution >= 4 is 15.7 Å². The van der Waals surface area contributed by atoms with Gasteiger partial charge in [-0.3, -0.25) is 14.3 Å². The zero-order valence-corrected chi connectivity index (χ0v) is 28.1. The van der Waals surface area contributed by atoms with E-state index in [4.69, 9.17) is 5.10 Å². The van der Waals surface area contributed by atoms with Gasteiger partial charge in [0, 0.05) is 18.5 Å². The number of rotatable bonds is 12. The summed E-state index contributed by atoms with van der Waals surface area (Å²) in [7, 11) is -3.56. The molecule has 240 valence electrons. The van der Waals surface area contributed by atoms with Crippen molar-refractivity contribution in [2.75, 3.05) is 4.72 Å². The average molecular weight is 638 g/mol. The summed E-state index contributed by atoms with van der Waals surface area (Å²) in [5.41, 5.74) is 7.08. The third kappa shape index (κ3) is 8.20. The summed E-state index contributed by atoms with van der Waals surface area (Å²) in [5, 5.41) is 4.71. The van der Waals surface area contributed by atoms with E-state index in [1.165, 1.54) is 11.1 Å². The smallest absolute Gasteiger partial charge is 0.281 e. The Hall–Kier alpha value is -4.50. The third-order valence-corrected chi connectivity index (χ3v) is 9.38. The summed E-state index contributed by atoms with van der Waals surface area (Å²) >= 11 is 0. The second kappa shape index (κ2) is 13.9. The summed E-state index contributed by atoms with van der Waals surface area (Å²) in [4.78, 5) is 17.7. The van der Waals surface area contributed by atoms with E-state index in [-0.39, 0.29) is 16.9 Å². The number of hydrogen-bond donors (Lipinski definition) is 1. The van der Waals surface area contributed by atoms with Gasteiger partial charge < -0.3 is 0 Å². The lowest BCUT2D eigenvalue weighted by atomic mass is 9.87. The molecular formula is C37H43N5O3S. The van der Waals surface area contributed by atoms with E-state index >= 15 is 0 Å². The molecule has 0 aliphatic carbocycles. The zero-order valence-electron chi connectivity index (χ0n) is 27.3. The van der Waals surface area contributed by atoms with Crippen LogP contribution in [0.3, 0.4) is 0 Å². The van der Waals surface area contributed by atoms with Crippen molar-refractivity contribution in [1.29, 1.82) is 0 Å². The Morgan fingerprint density at radius 2 is 1.48 bits per heavy atom. The molecule has 0 aliphatic rings. The lowest BCUT2D eigenvalue weighted by molar-refractivity contribution is 0.588. The fourth-order valence-corrected chi connectivity index (χ4v) is 6.75. The summed E-state index contributed by atoms with van der Waals surface area (Å²) in [6, 6.07) is 29.4. The van der Waals surface area contributed by atoms with Crippen LogP contribution in [0.5, 0.6) is 0 Å². The van der Waals surface area contributed by atoms with Crippen molar-refractivity contribution in [3.63, 3.8) is 0 Å². The molecule has 2 aromatic heterocycles. The van der Waals surface area contributed by atoms with Gasteiger partial charge in [-0.2, -0.15) is 5.10 Å². The number of sulfonamides is 1. The van der Waals surface area contributed by atoms with Crippen LogP contribution in [0.25, 0.3) is 11.3 Å². The fraction of sp³-hybridized carbons (Fsp3) is 0.324. The van der Waals surface area contributed by atoms with Crippen molar-refractivity contribution in [3.05, 3.63) is 135 Å². The van der Waals surface area contributed by atoms with E-state index in [0.717, 1.165) is 41.1 Å². The highest BCUT2D eigenvalue weighted by Gasteiger charge is 2.16. The molecule has 0 amide bonds. The monoisotopic (exact) mass is 637 g/mol. The first-order valence-corrected chi connectivity index (χ1v) is 17.4. The van der Waals surface area contributed by atoms with Gasteiger partial charge in [-0.05, 0) is 66.5 Å². The van der Waals surface area contributed by atoms with Gasteiger partial charge in [-0.15, -0.1) is 0 Å². The van der Waals surface area contributed by atoms with E-state index < -0.39 is 10.0 Å². The number of pyridine rings is 1. The first-order chi connectivity index (χ1) is 21.9. The summed E-state index contributed by atoms with van der Waals surface area (Å²) < 4.78 is 31.4. The van der Waals surface area contributed by atoms with E-state index in [0.29, 0.717) is 30.9 Å². The maximum Gasteiger partial charge on any atom is 0.346 e. The molecule has 0 radical (unpaired) electrons. The first-order valence-electron chi connectivity index (χ1n) is 15.8. The third-order valence-electron chi connectivity index (χ3n) is 8.13. The van der Waals surface area contributed by atoms with Crippen LogP contribution in [0.4, 0.5) is 5.69 Å². The molecule has 8 nitrogen and oxygen atoms in total. The molecule has 0 aliphatic heterocycles. The molecule has 0 bridgehead atoms. The van der Waals surface area contributed by atoms with Crippen LogP contribution in [0, 0.1) is 6.92 Å². The van der Waals surface area contributed by atoms with Crippen LogP contribution in [0.1, 0.15) is 67.9 Å². The lowest BCUT2D eigenvalue weighted by Gasteiger charge is -2.19. The van der Waals surface area contributed by atoms with Gasteiger partial charge in [-0.25, -0.2) is 17.9 Å². The Bertz CT molecular complexity index is 1940. The summed E-state index contributed by atoms with van der Waals surface area (Å²) in [6.07, 6.45) is 2.43. The van der Waals surface area contributed by atoms with Gasteiger partial charge >= 0.3 is 5.69 Å². The Morgan fingerprint density at radius 1 is 0.804 bits per heavy atom. The second-order valence-electron chi connectivity index (χ2n) is 12.8.